The average Bonchev–Trinajstić information content (AvgIpc) is 4.15. The lowest BCUT2D eigenvalue weighted by molar-refractivity contribution is 0.668. The van der Waals surface area contributed by atoms with E-state index < -0.39 is 5.41 Å². The fraction of sp³-hybridized carbons (Fsp3) is 0.0250. The summed E-state index contributed by atoms with van der Waals surface area (Å²) < 4.78 is 6.80. The molecule has 380 valence electrons. The highest BCUT2D eigenvalue weighted by Gasteiger charge is 2.48. The van der Waals surface area contributed by atoms with Crippen LogP contribution in [-0.2, 0) is 5.41 Å². The van der Waals surface area contributed by atoms with Gasteiger partial charge in [0.2, 0.25) is 0 Å². The largest absolute Gasteiger partial charge is 0.456 e. The molecule has 0 unspecified atom stereocenters. The van der Waals surface area contributed by atoms with Crippen molar-refractivity contribution in [2.45, 2.75) is 12.3 Å². The Morgan fingerprint density at radius 1 is 0.247 bits per heavy atom. The molecule has 14 aromatic rings. The quantitative estimate of drug-likeness (QED) is 0.133. The molecule has 1 aromatic heterocycles. The first-order valence-corrected chi connectivity index (χ1v) is 28.0. The highest BCUT2D eigenvalue weighted by molar-refractivity contribution is 6.15. The van der Waals surface area contributed by atoms with Crippen molar-refractivity contribution in [2.24, 2.45) is 0 Å². The van der Waals surface area contributed by atoms with Gasteiger partial charge in [-0.2, -0.15) is 0 Å². The number of furan rings is 1. The SMILES string of the molecule is Cc1ccc2c(c1)-c1c(ccc3oc4ccccc4c13)C2(c1cc(-c2cccc(-c3ccccc3)c2)cc(-c2cccc(-c3ccccc3)c2)c1)c1cc(-c2cccc(-c3ccccc3)c2)cc(-c2cccc(-c3ccccc3)c2)c1. The van der Waals surface area contributed by atoms with Gasteiger partial charge in [-0.1, -0.05) is 242 Å². The zero-order chi connectivity index (χ0) is 53.9. The van der Waals surface area contributed by atoms with Gasteiger partial charge in [0.1, 0.15) is 11.2 Å². The summed E-state index contributed by atoms with van der Waals surface area (Å²) in [6.45, 7) is 2.23. The number of hydrogen-bond donors (Lipinski definition) is 0. The van der Waals surface area contributed by atoms with E-state index in [1.54, 1.807) is 0 Å². The van der Waals surface area contributed by atoms with E-state index in [1.165, 1.54) is 83.5 Å². The molecule has 1 aliphatic rings. The summed E-state index contributed by atoms with van der Waals surface area (Å²) in [5.41, 5.74) is 28.0. The van der Waals surface area contributed by atoms with Crippen molar-refractivity contribution in [2.75, 3.05) is 0 Å². The molecule has 1 aliphatic carbocycles. The molecule has 0 amide bonds. The van der Waals surface area contributed by atoms with Crippen molar-refractivity contribution in [3.63, 3.8) is 0 Å². The molecule has 0 bridgehead atoms. The van der Waals surface area contributed by atoms with Gasteiger partial charge in [-0.15, -0.1) is 0 Å². The van der Waals surface area contributed by atoms with Crippen molar-refractivity contribution in [1.29, 1.82) is 0 Å². The Bertz CT molecular complexity index is 4270. The summed E-state index contributed by atoms with van der Waals surface area (Å²) in [5.74, 6) is 0. The maximum absolute atomic E-state index is 6.80. The molecule has 1 heterocycles. The Morgan fingerprint density at radius 3 is 0.988 bits per heavy atom. The number of fused-ring (bicyclic) bond motifs is 7. The van der Waals surface area contributed by atoms with E-state index in [-0.39, 0.29) is 0 Å². The van der Waals surface area contributed by atoms with Crippen molar-refractivity contribution < 1.29 is 4.42 Å². The van der Waals surface area contributed by atoms with Gasteiger partial charge in [-0.25, -0.2) is 0 Å². The maximum Gasteiger partial charge on any atom is 0.136 e. The first-order chi connectivity index (χ1) is 40.0. The van der Waals surface area contributed by atoms with Crippen molar-refractivity contribution in [3.05, 3.63) is 337 Å². The fourth-order valence-corrected chi connectivity index (χ4v) is 12.9. The zero-order valence-corrected chi connectivity index (χ0v) is 44.9. The number of rotatable bonds is 10. The summed E-state index contributed by atoms with van der Waals surface area (Å²) in [7, 11) is 0. The summed E-state index contributed by atoms with van der Waals surface area (Å²) in [4.78, 5) is 0. The second-order valence-corrected chi connectivity index (χ2v) is 21.6. The molecule has 0 N–H and O–H groups in total. The highest BCUT2D eigenvalue weighted by atomic mass is 16.3. The molecule has 0 atom stereocenters. The Kier molecular flexibility index (Phi) is 11.7. The van der Waals surface area contributed by atoms with Crippen LogP contribution in [0.2, 0.25) is 0 Å². The number of hydrogen-bond acceptors (Lipinski definition) is 1. The third-order valence-electron chi connectivity index (χ3n) is 16.7. The van der Waals surface area contributed by atoms with Gasteiger partial charge < -0.3 is 4.42 Å². The van der Waals surface area contributed by atoms with E-state index in [9.17, 15) is 0 Å². The van der Waals surface area contributed by atoms with Gasteiger partial charge in [0, 0.05) is 10.8 Å². The monoisotopic (exact) mass is 1030 g/mol. The lowest BCUT2D eigenvalue weighted by Crippen LogP contribution is -2.29. The van der Waals surface area contributed by atoms with Crippen LogP contribution in [0.5, 0.6) is 0 Å². The topological polar surface area (TPSA) is 13.1 Å². The molecule has 0 aliphatic heterocycles. The first-order valence-electron chi connectivity index (χ1n) is 28.0. The van der Waals surface area contributed by atoms with Gasteiger partial charge in [0.25, 0.3) is 0 Å². The molecular formula is C80H54O. The van der Waals surface area contributed by atoms with Crippen LogP contribution >= 0.6 is 0 Å². The predicted molar refractivity (Wildman–Crippen MR) is 339 cm³/mol. The van der Waals surface area contributed by atoms with Crippen LogP contribution in [0.3, 0.4) is 0 Å². The van der Waals surface area contributed by atoms with E-state index in [2.05, 4.69) is 316 Å². The summed E-state index contributed by atoms with van der Waals surface area (Å²) in [6.07, 6.45) is 0. The molecule has 1 nitrogen and oxygen atoms in total. The average molecular weight is 1030 g/mol. The Morgan fingerprint density at radius 2 is 0.580 bits per heavy atom. The van der Waals surface area contributed by atoms with E-state index in [1.807, 2.05) is 0 Å². The number of benzene rings is 13. The smallest absolute Gasteiger partial charge is 0.136 e. The lowest BCUT2D eigenvalue weighted by atomic mass is 9.66. The molecule has 15 rings (SSSR count). The van der Waals surface area contributed by atoms with Gasteiger partial charge in [-0.05, 0) is 202 Å². The van der Waals surface area contributed by atoms with Crippen LogP contribution in [0.15, 0.2) is 314 Å². The lowest BCUT2D eigenvalue weighted by Gasteiger charge is -2.35. The summed E-state index contributed by atoms with van der Waals surface area (Å²) in [6, 6.07) is 114. The first kappa shape index (κ1) is 47.8. The van der Waals surface area contributed by atoms with Crippen LogP contribution in [-0.4, -0.2) is 0 Å². The number of para-hydroxylation sites is 1. The minimum Gasteiger partial charge on any atom is -0.456 e. The molecule has 13 aromatic carbocycles. The molecule has 0 radical (unpaired) electrons. The van der Waals surface area contributed by atoms with Crippen LogP contribution in [0.4, 0.5) is 0 Å². The Balaban J connectivity index is 1.08. The van der Waals surface area contributed by atoms with E-state index in [0.717, 1.165) is 66.4 Å². The van der Waals surface area contributed by atoms with E-state index in [0.29, 0.717) is 0 Å². The van der Waals surface area contributed by atoms with Gasteiger partial charge in [-0.3, -0.25) is 0 Å². The van der Waals surface area contributed by atoms with E-state index >= 15 is 0 Å². The van der Waals surface area contributed by atoms with Crippen molar-refractivity contribution in [3.8, 4) is 100 Å². The molecule has 1 heteroatoms. The van der Waals surface area contributed by atoms with Crippen LogP contribution in [0, 0.1) is 6.92 Å². The summed E-state index contributed by atoms with van der Waals surface area (Å²) >= 11 is 0. The normalized spacial score (nSPS) is 12.4. The third kappa shape index (κ3) is 8.42. The van der Waals surface area contributed by atoms with Gasteiger partial charge in [0.15, 0.2) is 0 Å². The number of aryl methyl sites for hydroxylation is 1. The Hall–Kier alpha value is -10.3. The molecule has 0 saturated carbocycles. The van der Waals surface area contributed by atoms with Gasteiger partial charge >= 0.3 is 0 Å². The van der Waals surface area contributed by atoms with Crippen LogP contribution in [0.25, 0.3) is 122 Å². The highest BCUT2D eigenvalue weighted by Crippen LogP contribution is 2.60. The standard InChI is InChI=1S/C80H54O/c1-53-38-39-74-73(42-53)78-75(40-41-77-79(78)72-36-14-15-37-76(72)81-77)80(74,70-49-66(62-32-16-28-58(43-62)54-20-6-2-7-21-54)47-67(50-70)63-33-17-29-59(44-63)55-22-8-3-9-23-55)71-51-68(64-34-18-30-60(45-64)56-24-10-4-11-25-56)48-69(52-71)65-35-19-31-61(46-65)57-26-12-5-13-27-57/h2-52H,1H3. The van der Waals surface area contributed by atoms with Crippen molar-refractivity contribution in [1.82, 2.24) is 0 Å². The molecular weight excluding hydrogens is 977 g/mol. The molecule has 0 fully saturated rings. The second kappa shape index (κ2) is 19.8. The van der Waals surface area contributed by atoms with E-state index in [4.69, 9.17) is 4.42 Å². The maximum atomic E-state index is 6.80. The molecule has 0 spiro atoms. The van der Waals surface area contributed by atoms with Crippen LogP contribution in [0.1, 0.15) is 27.8 Å². The minimum absolute atomic E-state index is 0.859. The third-order valence-corrected chi connectivity index (χ3v) is 16.7. The Labute approximate surface area is 473 Å². The predicted octanol–water partition coefficient (Wildman–Crippen LogP) is 21.6. The van der Waals surface area contributed by atoms with Gasteiger partial charge in [0.05, 0.1) is 5.41 Å². The molecule has 81 heavy (non-hydrogen) atoms. The summed E-state index contributed by atoms with van der Waals surface area (Å²) in [5, 5.41) is 2.25. The second-order valence-electron chi connectivity index (χ2n) is 21.6. The molecule has 0 saturated heterocycles. The fourth-order valence-electron chi connectivity index (χ4n) is 12.9. The van der Waals surface area contributed by atoms with Crippen molar-refractivity contribution >= 4 is 21.9 Å². The van der Waals surface area contributed by atoms with Crippen LogP contribution < -0.4 is 0 Å². The zero-order valence-electron chi connectivity index (χ0n) is 44.9. The minimum atomic E-state index is -0.859.